The van der Waals surface area contributed by atoms with Crippen molar-refractivity contribution in [1.29, 1.82) is 0 Å². The predicted molar refractivity (Wildman–Crippen MR) is 64.6 cm³/mol. The van der Waals surface area contributed by atoms with Gasteiger partial charge in [-0.15, -0.1) is 10.2 Å². The Kier molecular flexibility index (Phi) is 3.14. The summed E-state index contributed by atoms with van der Waals surface area (Å²) in [6.45, 7) is 2.73. The first-order valence-corrected chi connectivity index (χ1v) is 5.85. The second-order valence-electron chi connectivity index (χ2n) is 4.38. The van der Waals surface area contributed by atoms with Crippen LogP contribution in [0.25, 0.3) is 0 Å². The fourth-order valence-electron chi connectivity index (χ4n) is 1.91. The van der Waals surface area contributed by atoms with E-state index in [1.54, 1.807) is 13.0 Å². The first-order valence-electron chi connectivity index (χ1n) is 5.09. The largest absolute Gasteiger partial charge is 0.481 e. The fraction of sp³-hybridized carbons (Fsp3) is 0.500. The van der Waals surface area contributed by atoms with Gasteiger partial charge >= 0.3 is 5.97 Å². The lowest BCUT2D eigenvalue weighted by molar-refractivity contribution is -0.146. The Morgan fingerprint density at radius 2 is 2.24 bits per heavy atom. The number of carboxylic acid groups (broad SMARTS) is 1. The standard InChI is InChI=1S/C10H11Cl2N3O2/c1-10(9(16)17)2-3-15(5-10)6-4-7(11)13-14-8(6)12/h4H,2-3,5H2,1H3,(H,16,17). The van der Waals surface area contributed by atoms with E-state index in [1.165, 1.54) is 0 Å². The van der Waals surface area contributed by atoms with E-state index in [-0.39, 0.29) is 10.3 Å². The predicted octanol–water partition coefficient (Wildman–Crippen LogP) is 2.08. The molecule has 2 rings (SSSR count). The van der Waals surface area contributed by atoms with Crippen LogP contribution in [-0.2, 0) is 4.79 Å². The number of carbonyl (C=O) groups is 1. The SMILES string of the molecule is CC1(C(=O)O)CCN(c2cc(Cl)nnc2Cl)C1. The molecule has 0 radical (unpaired) electrons. The molecule has 1 atom stereocenters. The molecule has 0 aromatic carbocycles. The van der Waals surface area contributed by atoms with Crippen molar-refractivity contribution in [3.63, 3.8) is 0 Å². The Morgan fingerprint density at radius 3 is 2.82 bits per heavy atom. The number of carboxylic acids is 1. The van der Waals surface area contributed by atoms with Crippen LogP contribution in [0, 0.1) is 5.41 Å². The molecule has 0 bridgehead atoms. The highest BCUT2D eigenvalue weighted by atomic mass is 35.5. The molecule has 1 N–H and O–H groups in total. The van der Waals surface area contributed by atoms with E-state index in [9.17, 15) is 4.79 Å². The molecule has 1 aromatic heterocycles. The quantitative estimate of drug-likeness (QED) is 0.895. The molecule has 5 nitrogen and oxygen atoms in total. The van der Waals surface area contributed by atoms with Crippen molar-refractivity contribution < 1.29 is 9.90 Å². The maximum absolute atomic E-state index is 11.1. The van der Waals surface area contributed by atoms with Gasteiger partial charge in [0.25, 0.3) is 0 Å². The minimum absolute atomic E-state index is 0.240. The van der Waals surface area contributed by atoms with Crippen molar-refractivity contribution >= 4 is 34.9 Å². The lowest BCUT2D eigenvalue weighted by atomic mass is 9.90. The molecule has 1 aliphatic heterocycles. The minimum Gasteiger partial charge on any atom is -0.481 e. The molecule has 2 heterocycles. The van der Waals surface area contributed by atoms with Gasteiger partial charge in [-0.2, -0.15) is 0 Å². The highest BCUT2D eigenvalue weighted by molar-refractivity contribution is 6.33. The number of nitrogens with zero attached hydrogens (tertiary/aromatic N) is 3. The van der Waals surface area contributed by atoms with Gasteiger partial charge in [0.1, 0.15) is 0 Å². The van der Waals surface area contributed by atoms with Crippen LogP contribution in [0.15, 0.2) is 6.07 Å². The van der Waals surface area contributed by atoms with Crippen LogP contribution < -0.4 is 4.90 Å². The number of halogens is 2. The number of rotatable bonds is 2. The van der Waals surface area contributed by atoms with Gasteiger partial charge in [-0.05, 0) is 13.3 Å². The molecule has 1 fully saturated rings. The van der Waals surface area contributed by atoms with E-state index in [1.807, 2.05) is 4.90 Å². The van der Waals surface area contributed by atoms with Crippen molar-refractivity contribution in [2.75, 3.05) is 18.0 Å². The van der Waals surface area contributed by atoms with E-state index in [0.29, 0.717) is 25.2 Å². The summed E-state index contributed by atoms with van der Waals surface area (Å²) >= 11 is 11.7. The van der Waals surface area contributed by atoms with Crippen LogP contribution >= 0.6 is 23.2 Å². The van der Waals surface area contributed by atoms with E-state index in [4.69, 9.17) is 28.3 Å². The Balaban J connectivity index is 2.26. The summed E-state index contributed by atoms with van der Waals surface area (Å²) in [5.74, 6) is -0.802. The topological polar surface area (TPSA) is 66.3 Å². The van der Waals surface area contributed by atoms with Crippen molar-refractivity contribution in [3.05, 3.63) is 16.4 Å². The maximum Gasteiger partial charge on any atom is 0.311 e. The summed E-state index contributed by atoms with van der Waals surface area (Å²) in [4.78, 5) is 13.0. The number of aromatic nitrogens is 2. The van der Waals surface area contributed by atoms with Gasteiger partial charge < -0.3 is 10.0 Å². The Morgan fingerprint density at radius 1 is 1.53 bits per heavy atom. The van der Waals surface area contributed by atoms with Crippen LogP contribution in [-0.4, -0.2) is 34.4 Å². The lowest BCUT2D eigenvalue weighted by Gasteiger charge is -2.22. The van der Waals surface area contributed by atoms with Gasteiger partial charge in [0.15, 0.2) is 10.3 Å². The summed E-state index contributed by atoms with van der Waals surface area (Å²) in [6.07, 6.45) is 0.568. The zero-order valence-electron chi connectivity index (χ0n) is 9.15. The van der Waals surface area contributed by atoms with Gasteiger partial charge in [0, 0.05) is 19.2 Å². The number of hydrogen-bond acceptors (Lipinski definition) is 4. The molecule has 1 saturated heterocycles. The summed E-state index contributed by atoms with van der Waals surface area (Å²) in [6, 6.07) is 1.60. The van der Waals surface area contributed by atoms with Crippen LogP contribution in [0.2, 0.25) is 10.3 Å². The molecular weight excluding hydrogens is 265 g/mol. The number of aliphatic carboxylic acids is 1. The molecule has 0 saturated carbocycles. The zero-order chi connectivity index (χ0) is 12.6. The van der Waals surface area contributed by atoms with Gasteiger partial charge in [0.2, 0.25) is 0 Å². The summed E-state index contributed by atoms with van der Waals surface area (Å²) in [7, 11) is 0. The highest BCUT2D eigenvalue weighted by Crippen LogP contribution is 2.36. The van der Waals surface area contributed by atoms with Gasteiger partial charge in [0.05, 0.1) is 11.1 Å². The average molecular weight is 276 g/mol. The third-order valence-electron chi connectivity index (χ3n) is 3.03. The second-order valence-corrected chi connectivity index (χ2v) is 5.13. The van der Waals surface area contributed by atoms with E-state index >= 15 is 0 Å². The molecular formula is C10H11Cl2N3O2. The molecule has 1 unspecified atom stereocenters. The first kappa shape index (κ1) is 12.4. The van der Waals surface area contributed by atoms with Crippen LogP contribution in [0.4, 0.5) is 5.69 Å². The average Bonchev–Trinajstić information content (AvgIpc) is 2.66. The van der Waals surface area contributed by atoms with Crippen LogP contribution in [0.3, 0.4) is 0 Å². The van der Waals surface area contributed by atoms with Crippen LogP contribution in [0.1, 0.15) is 13.3 Å². The number of hydrogen-bond donors (Lipinski definition) is 1. The molecule has 0 spiro atoms. The zero-order valence-corrected chi connectivity index (χ0v) is 10.7. The Hall–Kier alpha value is -1.07. The van der Waals surface area contributed by atoms with Crippen molar-refractivity contribution in [2.45, 2.75) is 13.3 Å². The molecule has 0 aliphatic carbocycles. The Labute approximate surface area is 108 Å². The van der Waals surface area contributed by atoms with E-state index < -0.39 is 11.4 Å². The molecule has 1 aliphatic rings. The van der Waals surface area contributed by atoms with E-state index in [2.05, 4.69) is 10.2 Å². The normalized spacial score (nSPS) is 24.1. The third-order valence-corrected chi connectivity index (χ3v) is 3.48. The van der Waals surface area contributed by atoms with Gasteiger partial charge in [-0.1, -0.05) is 23.2 Å². The molecule has 17 heavy (non-hydrogen) atoms. The second kappa shape index (κ2) is 4.31. The molecule has 0 amide bonds. The molecule has 92 valence electrons. The first-order chi connectivity index (χ1) is 7.92. The van der Waals surface area contributed by atoms with Gasteiger partial charge in [-0.3, -0.25) is 4.79 Å². The van der Waals surface area contributed by atoms with Crippen molar-refractivity contribution in [3.8, 4) is 0 Å². The van der Waals surface area contributed by atoms with E-state index in [0.717, 1.165) is 0 Å². The third kappa shape index (κ3) is 2.30. The molecule has 7 heteroatoms. The lowest BCUT2D eigenvalue weighted by Crippen LogP contribution is -2.31. The van der Waals surface area contributed by atoms with Crippen molar-refractivity contribution in [2.24, 2.45) is 5.41 Å². The smallest absolute Gasteiger partial charge is 0.311 e. The molecule has 1 aromatic rings. The summed E-state index contributed by atoms with van der Waals surface area (Å²) < 4.78 is 0. The van der Waals surface area contributed by atoms with Gasteiger partial charge in [-0.25, -0.2) is 0 Å². The fourth-order valence-corrected chi connectivity index (χ4v) is 2.26. The number of anilines is 1. The highest BCUT2D eigenvalue weighted by Gasteiger charge is 2.41. The van der Waals surface area contributed by atoms with Crippen LogP contribution in [0.5, 0.6) is 0 Å². The Bertz CT molecular complexity index is 469. The summed E-state index contributed by atoms with van der Waals surface area (Å²) in [5.41, 5.74) is -0.115. The summed E-state index contributed by atoms with van der Waals surface area (Å²) in [5, 5.41) is 17.0. The monoisotopic (exact) mass is 275 g/mol. The maximum atomic E-state index is 11.1. The minimum atomic E-state index is -0.802. The van der Waals surface area contributed by atoms with Crippen molar-refractivity contribution in [1.82, 2.24) is 10.2 Å².